The number of aryl methyl sites for hydroxylation is 1. The molecule has 1 amide bonds. The number of nitrogens with zero attached hydrogens (tertiary/aromatic N) is 3. The number of piperazine rings is 1. The molecule has 1 aromatic carbocycles. The molecule has 0 unspecified atom stereocenters. The van der Waals surface area contributed by atoms with E-state index in [0.717, 1.165) is 49.2 Å². The van der Waals surface area contributed by atoms with E-state index in [0.29, 0.717) is 13.0 Å². The molecule has 6 heteroatoms. The SMILES string of the molecule is Cc1nc(CN2CCN(C(=O)CCOc3ccccc3)CC2)cs1. The van der Waals surface area contributed by atoms with Gasteiger partial charge < -0.3 is 9.64 Å². The van der Waals surface area contributed by atoms with Crippen molar-refractivity contribution in [1.82, 2.24) is 14.8 Å². The zero-order chi connectivity index (χ0) is 16.8. The van der Waals surface area contributed by atoms with E-state index in [4.69, 9.17) is 4.74 Å². The first kappa shape index (κ1) is 16.9. The largest absolute Gasteiger partial charge is 0.493 e. The fourth-order valence-corrected chi connectivity index (χ4v) is 3.40. The van der Waals surface area contributed by atoms with Crippen molar-refractivity contribution in [2.24, 2.45) is 0 Å². The average molecular weight is 345 g/mol. The summed E-state index contributed by atoms with van der Waals surface area (Å²) in [6.45, 7) is 6.72. The van der Waals surface area contributed by atoms with Crippen LogP contribution in [-0.4, -0.2) is 53.5 Å². The van der Waals surface area contributed by atoms with Crippen LogP contribution in [-0.2, 0) is 11.3 Å². The molecule has 0 radical (unpaired) electrons. The van der Waals surface area contributed by atoms with Gasteiger partial charge in [0.25, 0.3) is 0 Å². The highest BCUT2D eigenvalue weighted by molar-refractivity contribution is 7.09. The number of para-hydroxylation sites is 1. The number of hydrogen-bond donors (Lipinski definition) is 0. The maximum absolute atomic E-state index is 12.3. The lowest BCUT2D eigenvalue weighted by Crippen LogP contribution is -2.48. The van der Waals surface area contributed by atoms with Crippen LogP contribution in [0.3, 0.4) is 0 Å². The molecule has 2 aromatic rings. The highest BCUT2D eigenvalue weighted by Gasteiger charge is 2.21. The normalized spacial score (nSPS) is 15.5. The van der Waals surface area contributed by atoms with Gasteiger partial charge in [0, 0.05) is 38.1 Å². The third-order valence-electron chi connectivity index (χ3n) is 4.11. The summed E-state index contributed by atoms with van der Waals surface area (Å²) < 4.78 is 5.60. The van der Waals surface area contributed by atoms with Crippen molar-refractivity contribution in [3.8, 4) is 5.75 Å². The Labute approximate surface area is 146 Å². The molecule has 2 heterocycles. The molecule has 0 aliphatic carbocycles. The smallest absolute Gasteiger partial charge is 0.226 e. The third kappa shape index (κ3) is 4.79. The van der Waals surface area contributed by atoms with Crippen LogP contribution in [0.15, 0.2) is 35.7 Å². The van der Waals surface area contributed by atoms with Gasteiger partial charge in [-0.15, -0.1) is 11.3 Å². The molecule has 0 saturated carbocycles. The Hall–Kier alpha value is -1.92. The Bertz CT molecular complexity index is 651. The zero-order valence-corrected chi connectivity index (χ0v) is 14.8. The van der Waals surface area contributed by atoms with Crippen LogP contribution >= 0.6 is 11.3 Å². The first-order chi connectivity index (χ1) is 11.7. The molecule has 0 atom stereocenters. The number of rotatable bonds is 6. The highest BCUT2D eigenvalue weighted by Crippen LogP contribution is 2.13. The minimum atomic E-state index is 0.176. The number of amides is 1. The van der Waals surface area contributed by atoms with Gasteiger partial charge in [0.15, 0.2) is 0 Å². The molecule has 128 valence electrons. The summed E-state index contributed by atoms with van der Waals surface area (Å²) in [5.41, 5.74) is 1.13. The lowest BCUT2D eigenvalue weighted by Gasteiger charge is -2.34. The van der Waals surface area contributed by atoms with Crippen molar-refractivity contribution >= 4 is 17.2 Å². The number of ether oxygens (including phenoxy) is 1. The van der Waals surface area contributed by atoms with E-state index >= 15 is 0 Å². The molecular formula is C18H23N3O2S. The molecule has 1 aliphatic heterocycles. The van der Waals surface area contributed by atoms with Gasteiger partial charge in [0.05, 0.1) is 23.7 Å². The first-order valence-electron chi connectivity index (χ1n) is 8.30. The molecule has 24 heavy (non-hydrogen) atoms. The fraction of sp³-hybridized carbons (Fsp3) is 0.444. The number of thiazole rings is 1. The summed E-state index contributed by atoms with van der Waals surface area (Å²) in [5.74, 6) is 0.990. The molecule has 1 saturated heterocycles. The van der Waals surface area contributed by atoms with Crippen molar-refractivity contribution in [3.63, 3.8) is 0 Å². The van der Waals surface area contributed by atoms with E-state index in [2.05, 4.69) is 15.3 Å². The Morgan fingerprint density at radius 3 is 2.62 bits per heavy atom. The molecule has 0 bridgehead atoms. The van der Waals surface area contributed by atoms with Crippen LogP contribution < -0.4 is 4.74 Å². The van der Waals surface area contributed by atoms with Crippen molar-refractivity contribution in [1.29, 1.82) is 0 Å². The number of carbonyl (C=O) groups excluding carboxylic acids is 1. The summed E-state index contributed by atoms with van der Waals surface area (Å²) in [7, 11) is 0. The van der Waals surface area contributed by atoms with Gasteiger partial charge in [-0.05, 0) is 19.1 Å². The van der Waals surface area contributed by atoms with Gasteiger partial charge in [-0.25, -0.2) is 4.98 Å². The maximum atomic E-state index is 12.3. The van der Waals surface area contributed by atoms with Gasteiger partial charge in [0.2, 0.25) is 5.91 Å². The van der Waals surface area contributed by atoms with E-state index in [9.17, 15) is 4.79 Å². The van der Waals surface area contributed by atoms with Crippen molar-refractivity contribution in [3.05, 3.63) is 46.4 Å². The van der Waals surface area contributed by atoms with E-state index < -0.39 is 0 Å². The van der Waals surface area contributed by atoms with Gasteiger partial charge in [0.1, 0.15) is 5.75 Å². The topological polar surface area (TPSA) is 45.7 Å². The second-order valence-corrected chi connectivity index (χ2v) is 6.99. The lowest BCUT2D eigenvalue weighted by molar-refractivity contribution is -0.133. The zero-order valence-electron chi connectivity index (χ0n) is 14.0. The number of carbonyl (C=O) groups is 1. The van der Waals surface area contributed by atoms with E-state index in [1.165, 1.54) is 0 Å². The monoisotopic (exact) mass is 345 g/mol. The lowest BCUT2D eigenvalue weighted by atomic mass is 10.2. The van der Waals surface area contributed by atoms with Crippen LogP contribution in [0.5, 0.6) is 5.75 Å². The van der Waals surface area contributed by atoms with Gasteiger partial charge in [-0.1, -0.05) is 18.2 Å². The van der Waals surface area contributed by atoms with Crippen LogP contribution in [0.4, 0.5) is 0 Å². The molecular weight excluding hydrogens is 322 g/mol. The Morgan fingerprint density at radius 2 is 1.96 bits per heavy atom. The van der Waals surface area contributed by atoms with Crippen LogP contribution in [0.1, 0.15) is 17.1 Å². The van der Waals surface area contributed by atoms with Crippen LogP contribution in [0.2, 0.25) is 0 Å². The quantitative estimate of drug-likeness (QED) is 0.807. The summed E-state index contributed by atoms with van der Waals surface area (Å²) in [6.07, 6.45) is 0.431. The first-order valence-corrected chi connectivity index (χ1v) is 9.17. The van der Waals surface area contributed by atoms with Gasteiger partial charge >= 0.3 is 0 Å². The fourth-order valence-electron chi connectivity index (χ4n) is 2.80. The third-order valence-corrected chi connectivity index (χ3v) is 4.93. The van der Waals surface area contributed by atoms with Crippen molar-refractivity contribution in [2.45, 2.75) is 19.9 Å². The second-order valence-electron chi connectivity index (χ2n) is 5.93. The Morgan fingerprint density at radius 1 is 1.21 bits per heavy atom. The number of benzene rings is 1. The van der Waals surface area contributed by atoms with Crippen LogP contribution in [0, 0.1) is 6.92 Å². The summed E-state index contributed by atoms with van der Waals surface area (Å²) in [5, 5.41) is 3.23. The molecule has 0 N–H and O–H groups in total. The Kier molecular flexibility index (Phi) is 5.82. The van der Waals surface area contributed by atoms with E-state index in [1.54, 1.807) is 11.3 Å². The molecule has 3 rings (SSSR count). The summed E-state index contributed by atoms with van der Waals surface area (Å²) in [4.78, 5) is 21.1. The average Bonchev–Trinajstić information content (AvgIpc) is 3.01. The molecule has 1 fully saturated rings. The number of hydrogen-bond acceptors (Lipinski definition) is 5. The minimum Gasteiger partial charge on any atom is -0.493 e. The van der Waals surface area contributed by atoms with Crippen molar-refractivity contribution in [2.75, 3.05) is 32.8 Å². The molecule has 0 spiro atoms. The maximum Gasteiger partial charge on any atom is 0.226 e. The summed E-state index contributed by atoms with van der Waals surface area (Å²) >= 11 is 1.69. The predicted molar refractivity (Wildman–Crippen MR) is 95.3 cm³/mol. The number of aromatic nitrogens is 1. The second kappa shape index (κ2) is 8.26. The minimum absolute atomic E-state index is 0.176. The highest BCUT2D eigenvalue weighted by atomic mass is 32.1. The molecule has 1 aliphatic rings. The van der Waals surface area contributed by atoms with Crippen molar-refractivity contribution < 1.29 is 9.53 Å². The van der Waals surface area contributed by atoms with Gasteiger partial charge in [-0.3, -0.25) is 9.69 Å². The Balaban J connectivity index is 1.37. The van der Waals surface area contributed by atoms with Gasteiger partial charge in [-0.2, -0.15) is 0 Å². The van der Waals surface area contributed by atoms with E-state index in [1.807, 2.05) is 42.2 Å². The molecule has 5 nitrogen and oxygen atoms in total. The molecule has 1 aromatic heterocycles. The predicted octanol–water partition coefficient (Wildman–Crippen LogP) is 2.56. The van der Waals surface area contributed by atoms with E-state index in [-0.39, 0.29) is 5.91 Å². The van der Waals surface area contributed by atoms with Crippen LogP contribution in [0.25, 0.3) is 0 Å². The standard InChI is InChI=1S/C18H23N3O2S/c1-15-19-16(14-24-15)13-20-8-10-21(11-9-20)18(22)7-12-23-17-5-3-2-4-6-17/h2-6,14H,7-13H2,1H3. The summed E-state index contributed by atoms with van der Waals surface area (Å²) in [6, 6.07) is 9.62.